The lowest BCUT2D eigenvalue weighted by atomic mass is 9.96. The van der Waals surface area contributed by atoms with Crippen LogP contribution in [0.4, 0.5) is 0 Å². The first-order valence-corrected chi connectivity index (χ1v) is 4.18. The van der Waals surface area contributed by atoms with E-state index < -0.39 is 6.04 Å². The molecule has 0 spiro atoms. The molecule has 0 aliphatic heterocycles. The number of hydrogen-bond donors (Lipinski definition) is 1. The van der Waals surface area contributed by atoms with Crippen LogP contribution in [0, 0.1) is 0 Å². The molecule has 1 atom stereocenters. The second-order valence-electron chi connectivity index (χ2n) is 2.82. The quantitative estimate of drug-likeness (QED) is 0.520. The first-order chi connectivity index (χ1) is 5.24. The molecule has 1 aliphatic carbocycles. The van der Waals surface area contributed by atoms with Crippen molar-refractivity contribution in [3.63, 3.8) is 0 Å². The highest BCUT2D eigenvalue weighted by Crippen LogP contribution is 2.22. The van der Waals surface area contributed by atoms with Crippen LogP contribution in [-0.2, 0) is 9.53 Å². The van der Waals surface area contributed by atoms with Gasteiger partial charge in [-0.2, -0.15) is 0 Å². The average Bonchev–Trinajstić information content (AvgIpc) is 1.94. The minimum absolute atomic E-state index is 0.148. The van der Waals surface area contributed by atoms with Gasteiger partial charge in [-0.3, -0.25) is 4.79 Å². The Hall–Kier alpha value is -0.280. The van der Waals surface area contributed by atoms with Gasteiger partial charge in [-0.1, -0.05) is 0 Å². The zero-order chi connectivity index (χ0) is 8.27. The van der Waals surface area contributed by atoms with Crippen molar-refractivity contribution < 1.29 is 9.53 Å². The number of carbonyl (C=O) groups excluding carboxylic acids is 1. The third kappa shape index (κ3) is 2.34. The maximum Gasteiger partial charge on any atom is 0.324 e. The average molecular weight is 178 g/mol. The molecular weight excluding hydrogens is 166 g/mol. The minimum Gasteiger partial charge on any atom is -0.461 e. The van der Waals surface area contributed by atoms with Gasteiger partial charge >= 0.3 is 5.97 Å². The Morgan fingerprint density at radius 1 is 1.73 bits per heavy atom. The van der Waals surface area contributed by atoms with Gasteiger partial charge in [-0.15, -0.1) is 0 Å². The summed E-state index contributed by atoms with van der Waals surface area (Å²) in [5.74, 6) is -0.260. The Bertz CT molecular complexity index is 147. The lowest BCUT2D eigenvalue weighted by Gasteiger charge is -2.26. The first-order valence-electron chi connectivity index (χ1n) is 3.80. The molecule has 3 nitrogen and oxygen atoms in total. The third-order valence-corrected chi connectivity index (χ3v) is 2.18. The van der Waals surface area contributed by atoms with Gasteiger partial charge in [0.05, 0.1) is 0 Å². The number of ether oxygens (including phenoxy) is 1. The number of nitrogens with one attached hydrogen (secondary N) is 1. The molecule has 1 saturated carbocycles. The monoisotopic (exact) mass is 177 g/mol. The zero-order valence-electron chi connectivity index (χ0n) is 6.47. The number of esters is 1. The van der Waals surface area contributed by atoms with E-state index in [-0.39, 0.29) is 12.1 Å². The summed E-state index contributed by atoms with van der Waals surface area (Å²) in [6.45, 7) is 1.67. The summed E-state index contributed by atoms with van der Waals surface area (Å²) in [5, 5.41) is 0. The Morgan fingerprint density at radius 3 is 2.73 bits per heavy atom. The van der Waals surface area contributed by atoms with E-state index >= 15 is 0 Å². The van der Waals surface area contributed by atoms with Crippen molar-refractivity contribution in [2.75, 3.05) is 0 Å². The Balaban J connectivity index is 2.19. The zero-order valence-corrected chi connectivity index (χ0v) is 7.23. The lowest BCUT2D eigenvalue weighted by molar-refractivity contribution is -0.154. The van der Waals surface area contributed by atoms with Gasteiger partial charge < -0.3 is 4.74 Å². The van der Waals surface area contributed by atoms with Gasteiger partial charge in [-0.05, 0) is 38.0 Å². The molecule has 1 N–H and O–H groups in total. The van der Waals surface area contributed by atoms with Crippen LogP contribution in [0.5, 0.6) is 0 Å². The second kappa shape index (κ2) is 3.93. The maximum absolute atomic E-state index is 11.0. The van der Waals surface area contributed by atoms with E-state index in [0.29, 0.717) is 0 Å². The van der Waals surface area contributed by atoms with Gasteiger partial charge in [0, 0.05) is 0 Å². The largest absolute Gasteiger partial charge is 0.461 e. The summed E-state index contributed by atoms with van der Waals surface area (Å²) in [6, 6.07) is -0.405. The van der Waals surface area contributed by atoms with Crippen LogP contribution in [0.3, 0.4) is 0 Å². The molecule has 64 valence electrons. The molecule has 0 bridgehead atoms. The fourth-order valence-corrected chi connectivity index (χ4v) is 0.889. The molecule has 0 aromatic rings. The lowest BCUT2D eigenvalue weighted by Crippen LogP contribution is -2.34. The standard InChI is InChI=1S/C7H12ClNO2/c1-5(9-8)7(10)11-6-3-2-4-6/h5-6,9H,2-4H2,1H3/t5-/m0/s1. The van der Waals surface area contributed by atoms with Gasteiger partial charge in [0.25, 0.3) is 0 Å². The highest BCUT2D eigenvalue weighted by atomic mass is 35.5. The van der Waals surface area contributed by atoms with Gasteiger partial charge in [-0.25, -0.2) is 4.84 Å². The summed E-state index contributed by atoms with van der Waals surface area (Å²) in [7, 11) is 0. The molecule has 0 saturated heterocycles. The minimum atomic E-state index is -0.405. The fraction of sp³-hybridized carbons (Fsp3) is 0.857. The van der Waals surface area contributed by atoms with E-state index in [1.165, 1.54) is 6.42 Å². The van der Waals surface area contributed by atoms with Crippen molar-refractivity contribution in [3.05, 3.63) is 0 Å². The molecule has 0 radical (unpaired) electrons. The van der Waals surface area contributed by atoms with Crippen LogP contribution in [-0.4, -0.2) is 18.1 Å². The van der Waals surface area contributed by atoms with Crippen molar-refractivity contribution in [2.45, 2.75) is 38.3 Å². The van der Waals surface area contributed by atoms with E-state index in [2.05, 4.69) is 4.84 Å². The summed E-state index contributed by atoms with van der Waals surface area (Å²) in [4.78, 5) is 13.3. The maximum atomic E-state index is 11.0. The van der Waals surface area contributed by atoms with Crippen molar-refractivity contribution in [1.82, 2.24) is 4.84 Å². The Kier molecular flexibility index (Phi) is 3.15. The summed E-state index contributed by atoms with van der Waals surface area (Å²) in [6.07, 6.45) is 3.32. The molecular formula is C7H12ClNO2. The molecule has 4 heteroatoms. The predicted octanol–water partition coefficient (Wildman–Crippen LogP) is 1.21. The van der Waals surface area contributed by atoms with Gasteiger partial charge in [0.2, 0.25) is 0 Å². The van der Waals surface area contributed by atoms with E-state index in [4.69, 9.17) is 16.5 Å². The second-order valence-corrected chi connectivity index (χ2v) is 3.04. The summed E-state index contributed by atoms with van der Waals surface area (Å²) >= 11 is 5.24. The first kappa shape index (κ1) is 8.81. The van der Waals surface area contributed by atoms with Crippen LogP contribution in [0.15, 0.2) is 0 Å². The molecule has 11 heavy (non-hydrogen) atoms. The Morgan fingerprint density at radius 2 is 2.36 bits per heavy atom. The summed E-state index contributed by atoms with van der Waals surface area (Å²) in [5.41, 5.74) is 0. The molecule has 1 fully saturated rings. The number of hydrogen-bond acceptors (Lipinski definition) is 3. The SMILES string of the molecule is C[C@H](NCl)C(=O)OC1CCC1. The normalized spacial score (nSPS) is 20.5. The number of rotatable bonds is 3. The van der Waals surface area contributed by atoms with Crippen LogP contribution >= 0.6 is 11.8 Å². The highest BCUT2D eigenvalue weighted by Gasteiger charge is 2.23. The van der Waals surface area contributed by atoms with Gasteiger partial charge in [0.1, 0.15) is 12.1 Å². The van der Waals surface area contributed by atoms with Crippen LogP contribution in [0.2, 0.25) is 0 Å². The molecule has 0 amide bonds. The molecule has 0 aromatic heterocycles. The van der Waals surface area contributed by atoms with E-state index in [9.17, 15) is 4.79 Å². The van der Waals surface area contributed by atoms with Crippen LogP contribution in [0.25, 0.3) is 0 Å². The van der Waals surface area contributed by atoms with E-state index in [1.807, 2.05) is 0 Å². The summed E-state index contributed by atoms with van der Waals surface area (Å²) < 4.78 is 5.05. The smallest absolute Gasteiger partial charge is 0.324 e. The van der Waals surface area contributed by atoms with Crippen molar-refractivity contribution in [3.8, 4) is 0 Å². The van der Waals surface area contributed by atoms with Gasteiger partial charge in [0.15, 0.2) is 0 Å². The van der Waals surface area contributed by atoms with E-state index in [0.717, 1.165) is 12.8 Å². The van der Waals surface area contributed by atoms with Crippen molar-refractivity contribution in [1.29, 1.82) is 0 Å². The van der Waals surface area contributed by atoms with E-state index in [1.54, 1.807) is 6.92 Å². The molecule has 1 rings (SSSR count). The number of halogens is 1. The molecule has 1 aliphatic rings. The highest BCUT2D eigenvalue weighted by molar-refractivity contribution is 6.14. The Labute approximate surface area is 71.2 Å². The van der Waals surface area contributed by atoms with Crippen molar-refractivity contribution >= 4 is 17.7 Å². The molecule has 0 heterocycles. The third-order valence-electron chi connectivity index (χ3n) is 1.85. The predicted molar refractivity (Wildman–Crippen MR) is 42.2 cm³/mol. The van der Waals surface area contributed by atoms with Crippen LogP contribution in [0.1, 0.15) is 26.2 Å². The van der Waals surface area contributed by atoms with Crippen molar-refractivity contribution in [2.24, 2.45) is 0 Å². The molecule has 0 aromatic carbocycles. The fourth-order valence-electron chi connectivity index (χ4n) is 0.800. The molecule has 0 unspecified atom stereocenters. The van der Waals surface area contributed by atoms with Crippen LogP contribution < -0.4 is 4.84 Å². The topological polar surface area (TPSA) is 38.3 Å². The number of carbonyl (C=O) groups is 1.